The van der Waals surface area contributed by atoms with Gasteiger partial charge in [-0.15, -0.1) is 11.3 Å². The molecular weight excluding hydrogens is 438 g/mol. The Morgan fingerprint density at radius 2 is 1.88 bits per heavy atom. The highest BCUT2D eigenvalue weighted by Crippen LogP contribution is 2.55. The van der Waals surface area contributed by atoms with E-state index in [4.69, 9.17) is 4.74 Å². The summed E-state index contributed by atoms with van der Waals surface area (Å²) in [6.45, 7) is 6.08. The second kappa shape index (κ2) is 7.81. The number of benzene rings is 1. The minimum absolute atomic E-state index is 0.233. The van der Waals surface area contributed by atoms with Crippen molar-refractivity contribution in [1.29, 1.82) is 0 Å². The molecule has 3 aliphatic rings. The molecule has 5 atom stereocenters. The van der Waals surface area contributed by atoms with E-state index in [1.165, 1.54) is 4.90 Å². The van der Waals surface area contributed by atoms with Gasteiger partial charge in [0.25, 0.3) is 0 Å². The summed E-state index contributed by atoms with van der Waals surface area (Å²) in [7, 11) is 0. The molecular formula is C25H27N3O4S. The van der Waals surface area contributed by atoms with Crippen LogP contribution in [0.15, 0.2) is 60.0 Å². The van der Waals surface area contributed by atoms with Crippen molar-refractivity contribution in [3.8, 4) is 0 Å². The Kier molecular flexibility index (Phi) is 5.17. The van der Waals surface area contributed by atoms with Gasteiger partial charge in [0.1, 0.15) is 11.6 Å². The Morgan fingerprint density at radius 1 is 1.12 bits per heavy atom. The lowest BCUT2D eigenvalue weighted by Crippen LogP contribution is -2.58. The van der Waals surface area contributed by atoms with Crippen molar-refractivity contribution in [1.82, 2.24) is 10.6 Å². The number of rotatable bonds is 5. The molecule has 2 fully saturated rings. The van der Waals surface area contributed by atoms with E-state index in [-0.39, 0.29) is 17.7 Å². The molecule has 5 rings (SSSR count). The van der Waals surface area contributed by atoms with Crippen LogP contribution < -0.4 is 15.5 Å². The zero-order valence-corrected chi connectivity index (χ0v) is 19.6. The number of para-hydroxylation sites is 1. The molecule has 3 amide bonds. The molecule has 1 aromatic heterocycles. The van der Waals surface area contributed by atoms with Gasteiger partial charge in [0.05, 0.1) is 24.5 Å². The summed E-state index contributed by atoms with van der Waals surface area (Å²) >= 11 is 1.56. The molecule has 8 heteroatoms. The van der Waals surface area contributed by atoms with Gasteiger partial charge in [-0.05, 0) is 44.4 Å². The molecule has 1 aromatic carbocycles. The molecule has 2 saturated heterocycles. The summed E-state index contributed by atoms with van der Waals surface area (Å²) in [5, 5.41) is 7.93. The van der Waals surface area contributed by atoms with E-state index in [1.54, 1.807) is 23.5 Å². The van der Waals surface area contributed by atoms with Gasteiger partial charge in [-0.2, -0.15) is 0 Å². The Morgan fingerprint density at radius 3 is 2.55 bits per heavy atom. The van der Waals surface area contributed by atoms with Crippen LogP contribution in [-0.4, -0.2) is 41.0 Å². The van der Waals surface area contributed by atoms with Gasteiger partial charge < -0.3 is 15.4 Å². The van der Waals surface area contributed by atoms with Crippen LogP contribution in [0, 0.1) is 11.8 Å². The molecule has 7 nitrogen and oxygen atoms in total. The first-order valence-corrected chi connectivity index (χ1v) is 12.0. The van der Waals surface area contributed by atoms with Gasteiger partial charge in [0, 0.05) is 16.1 Å². The number of nitrogens with zero attached hydrogens (tertiary/aromatic N) is 1. The molecule has 1 spiro atoms. The van der Waals surface area contributed by atoms with Crippen LogP contribution in [0.3, 0.4) is 0 Å². The average Bonchev–Trinajstić information content (AvgIpc) is 3.53. The molecule has 0 aliphatic carbocycles. The predicted molar refractivity (Wildman–Crippen MR) is 126 cm³/mol. The molecule has 172 valence electrons. The minimum atomic E-state index is -1.18. The Balaban J connectivity index is 1.51. The zero-order chi connectivity index (χ0) is 23.4. The summed E-state index contributed by atoms with van der Waals surface area (Å²) in [6, 6.07) is 12.1. The second-order valence-electron chi connectivity index (χ2n) is 9.78. The number of nitrogens with one attached hydrogen (secondary N) is 2. The average molecular weight is 466 g/mol. The number of ether oxygens (including phenoxy) is 1. The van der Waals surface area contributed by atoms with Crippen molar-refractivity contribution in [2.45, 2.75) is 50.6 Å². The summed E-state index contributed by atoms with van der Waals surface area (Å²) in [5.74, 6) is -2.26. The van der Waals surface area contributed by atoms with Crippen LogP contribution in [0.25, 0.3) is 0 Å². The molecule has 2 aromatic rings. The van der Waals surface area contributed by atoms with E-state index < -0.39 is 35.1 Å². The van der Waals surface area contributed by atoms with E-state index in [2.05, 4.69) is 10.6 Å². The number of carbonyl (C=O) groups is 3. The van der Waals surface area contributed by atoms with Crippen LogP contribution >= 0.6 is 11.3 Å². The second-order valence-corrected chi connectivity index (χ2v) is 10.8. The molecule has 33 heavy (non-hydrogen) atoms. The van der Waals surface area contributed by atoms with Crippen molar-refractivity contribution >= 4 is 34.7 Å². The van der Waals surface area contributed by atoms with E-state index in [1.807, 2.05) is 68.6 Å². The lowest BCUT2D eigenvalue weighted by molar-refractivity contribution is -0.132. The fraction of sp³-hybridized carbons (Fsp3) is 0.400. The van der Waals surface area contributed by atoms with E-state index in [0.29, 0.717) is 12.2 Å². The quantitative estimate of drug-likeness (QED) is 0.665. The standard InChI is InChI=1S/C25H27N3O4S/c1-24(2,3)27-22(30)20-25-12-11-17(32-25)18(21(29)26-14-16-10-7-13-33-16)19(25)23(31)28(20)15-8-5-4-6-9-15/h4-13,17-20H,14H2,1-3H3,(H,26,29)(H,27,30)/t17-,18+,19-,20+,25+/m1/s1. The highest BCUT2D eigenvalue weighted by atomic mass is 32.1. The molecule has 2 bridgehead atoms. The molecule has 3 aliphatic heterocycles. The topological polar surface area (TPSA) is 87.7 Å². The summed E-state index contributed by atoms with van der Waals surface area (Å²) in [6.07, 6.45) is 3.11. The highest BCUT2D eigenvalue weighted by molar-refractivity contribution is 7.09. The van der Waals surface area contributed by atoms with Gasteiger partial charge in [-0.1, -0.05) is 36.4 Å². The van der Waals surface area contributed by atoms with Crippen molar-refractivity contribution in [2.75, 3.05) is 4.90 Å². The van der Waals surface area contributed by atoms with Gasteiger partial charge >= 0.3 is 0 Å². The van der Waals surface area contributed by atoms with Crippen molar-refractivity contribution in [2.24, 2.45) is 11.8 Å². The monoisotopic (exact) mass is 465 g/mol. The Hall–Kier alpha value is -2.97. The minimum Gasteiger partial charge on any atom is -0.359 e. The van der Waals surface area contributed by atoms with E-state index in [9.17, 15) is 14.4 Å². The van der Waals surface area contributed by atoms with Crippen LogP contribution in [0.2, 0.25) is 0 Å². The maximum Gasteiger partial charge on any atom is 0.246 e. The first-order chi connectivity index (χ1) is 15.7. The molecule has 0 unspecified atom stereocenters. The first-order valence-electron chi connectivity index (χ1n) is 11.1. The van der Waals surface area contributed by atoms with Crippen LogP contribution in [0.4, 0.5) is 5.69 Å². The van der Waals surface area contributed by atoms with Crippen molar-refractivity contribution < 1.29 is 19.1 Å². The zero-order valence-electron chi connectivity index (χ0n) is 18.8. The molecule has 0 saturated carbocycles. The number of hydrogen-bond acceptors (Lipinski definition) is 5. The van der Waals surface area contributed by atoms with Gasteiger partial charge in [-0.3, -0.25) is 19.3 Å². The largest absolute Gasteiger partial charge is 0.359 e. The third-order valence-electron chi connectivity index (χ3n) is 6.38. The van der Waals surface area contributed by atoms with E-state index in [0.717, 1.165) is 4.88 Å². The number of carbonyl (C=O) groups excluding carboxylic acids is 3. The summed E-state index contributed by atoms with van der Waals surface area (Å²) in [5.41, 5.74) is -1.06. The van der Waals surface area contributed by atoms with Crippen LogP contribution in [-0.2, 0) is 25.7 Å². The normalized spacial score (nSPS) is 29.9. The van der Waals surface area contributed by atoms with Gasteiger partial charge in [-0.25, -0.2) is 0 Å². The van der Waals surface area contributed by atoms with Crippen molar-refractivity contribution in [3.63, 3.8) is 0 Å². The number of amides is 3. The maximum atomic E-state index is 13.9. The third kappa shape index (κ3) is 3.57. The SMILES string of the molecule is CC(C)(C)NC(=O)[C@@H]1N(c2ccccc2)C(=O)[C@H]2[C@@H](C(=O)NCc3cccs3)[C@H]3C=C[C@@]12O3. The summed E-state index contributed by atoms with van der Waals surface area (Å²) < 4.78 is 6.33. The third-order valence-corrected chi connectivity index (χ3v) is 7.25. The van der Waals surface area contributed by atoms with Crippen molar-refractivity contribution in [3.05, 3.63) is 64.9 Å². The van der Waals surface area contributed by atoms with Crippen LogP contribution in [0.1, 0.15) is 25.6 Å². The number of thiophene rings is 1. The highest BCUT2D eigenvalue weighted by Gasteiger charge is 2.73. The fourth-order valence-electron chi connectivity index (χ4n) is 5.18. The lowest BCUT2D eigenvalue weighted by atomic mass is 9.74. The summed E-state index contributed by atoms with van der Waals surface area (Å²) in [4.78, 5) is 43.2. The molecule has 2 N–H and O–H groups in total. The number of fused-ring (bicyclic) bond motifs is 1. The Labute approximate surface area is 196 Å². The fourth-order valence-corrected chi connectivity index (χ4v) is 5.83. The number of hydrogen-bond donors (Lipinski definition) is 2. The van der Waals surface area contributed by atoms with Gasteiger partial charge in [0.15, 0.2) is 0 Å². The maximum absolute atomic E-state index is 13.9. The predicted octanol–water partition coefficient (Wildman–Crippen LogP) is 2.63. The van der Waals surface area contributed by atoms with E-state index >= 15 is 0 Å². The van der Waals surface area contributed by atoms with Crippen LogP contribution in [0.5, 0.6) is 0 Å². The Bertz CT molecular complexity index is 1110. The first kappa shape index (κ1) is 21.9. The number of anilines is 1. The molecule has 0 radical (unpaired) electrons. The lowest BCUT2D eigenvalue weighted by Gasteiger charge is -2.34. The molecule has 4 heterocycles. The van der Waals surface area contributed by atoms with Gasteiger partial charge in [0.2, 0.25) is 17.7 Å². The smallest absolute Gasteiger partial charge is 0.246 e.